The van der Waals surface area contributed by atoms with Gasteiger partial charge in [-0.25, -0.2) is 0 Å². The normalized spacial score (nSPS) is 13.1. The van der Waals surface area contributed by atoms with Gasteiger partial charge in [-0.2, -0.15) is 0 Å². The topological polar surface area (TPSA) is 41.1 Å². The van der Waals surface area contributed by atoms with Crippen molar-refractivity contribution in [1.82, 2.24) is 10.6 Å². The molecule has 3 nitrogen and oxygen atoms in total. The summed E-state index contributed by atoms with van der Waals surface area (Å²) >= 11 is 3.48. The van der Waals surface area contributed by atoms with Gasteiger partial charge in [0.05, 0.1) is 0 Å². The third-order valence-electron chi connectivity index (χ3n) is 3.27. The van der Waals surface area contributed by atoms with Gasteiger partial charge in [0, 0.05) is 28.9 Å². The van der Waals surface area contributed by atoms with Crippen molar-refractivity contribution in [2.75, 3.05) is 20.1 Å². The van der Waals surface area contributed by atoms with Crippen molar-refractivity contribution >= 4 is 21.8 Å². The lowest BCUT2D eigenvalue weighted by molar-refractivity contribution is -0.124. The molecule has 19 heavy (non-hydrogen) atoms. The van der Waals surface area contributed by atoms with Crippen LogP contribution in [0.15, 0.2) is 28.7 Å². The molecule has 0 aliphatic carbocycles. The second-order valence-electron chi connectivity index (χ2n) is 5.57. The highest BCUT2D eigenvalue weighted by atomic mass is 79.9. The van der Waals surface area contributed by atoms with E-state index >= 15 is 0 Å². The van der Waals surface area contributed by atoms with Gasteiger partial charge in [0.25, 0.3) is 0 Å². The summed E-state index contributed by atoms with van der Waals surface area (Å²) in [6.45, 7) is 7.53. The number of halogens is 1. The van der Waals surface area contributed by atoms with Crippen LogP contribution in [-0.4, -0.2) is 26.0 Å². The zero-order valence-electron chi connectivity index (χ0n) is 12.1. The van der Waals surface area contributed by atoms with Gasteiger partial charge in [-0.15, -0.1) is 0 Å². The van der Waals surface area contributed by atoms with Gasteiger partial charge in [-0.05, 0) is 24.7 Å². The molecule has 0 saturated heterocycles. The van der Waals surface area contributed by atoms with E-state index in [0.717, 1.165) is 4.47 Å². The van der Waals surface area contributed by atoms with Gasteiger partial charge >= 0.3 is 0 Å². The first-order valence-corrected chi connectivity index (χ1v) is 7.34. The Balaban J connectivity index is 2.63. The fourth-order valence-electron chi connectivity index (χ4n) is 1.89. The van der Waals surface area contributed by atoms with E-state index in [-0.39, 0.29) is 17.2 Å². The van der Waals surface area contributed by atoms with Crippen molar-refractivity contribution in [2.24, 2.45) is 5.92 Å². The third-order valence-corrected chi connectivity index (χ3v) is 3.76. The van der Waals surface area contributed by atoms with E-state index in [1.807, 2.05) is 26.1 Å². The second-order valence-corrected chi connectivity index (χ2v) is 6.49. The fraction of sp³-hybridized carbons (Fsp3) is 0.533. The van der Waals surface area contributed by atoms with E-state index in [1.165, 1.54) is 5.56 Å². The Labute approximate surface area is 124 Å². The van der Waals surface area contributed by atoms with Crippen LogP contribution < -0.4 is 10.6 Å². The van der Waals surface area contributed by atoms with Crippen LogP contribution in [0.2, 0.25) is 0 Å². The van der Waals surface area contributed by atoms with Gasteiger partial charge in [0.1, 0.15) is 0 Å². The van der Waals surface area contributed by atoms with E-state index in [9.17, 15) is 4.79 Å². The molecular weight excluding hydrogens is 304 g/mol. The molecule has 0 heterocycles. The van der Waals surface area contributed by atoms with E-state index in [4.69, 9.17) is 0 Å². The van der Waals surface area contributed by atoms with Crippen molar-refractivity contribution in [3.8, 4) is 0 Å². The van der Waals surface area contributed by atoms with E-state index in [0.29, 0.717) is 13.1 Å². The number of benzene rings is 1. The Morgan fingerprint density at radius 1 is 1.42 bits per heavy atom. The summed E-state index contributed by atoms with van der Waals surface area (Å²) in [6.07, 6.45) is 0. The van der Waals surface area contributed by atoms with Crippen LogP contribution in [0.3, 0.4) is 0 Å². The van der Waals surface area contributed by atoms with Gasteiger partial charge < -0.3 is 10.6 Å². The Kier molecular flexibility index (Phi) is 6.01. The smallest absolute Gasteiger partial charge is 0.224 e. The molecule has 1 atom stereocenters. The summed E-state index contributed by atoms with van der Waals surface area (Å²) in [4.78, 5) is 11.9. The first-order valence-electron chi connectivity index (χ1n) is 6.55. The number of rotatable bonds is 6. The van der Waals surface area contributed by atoms with Crippen LogP contribution in [-0.2, 0) is 10.2 Å². The average molecular weight is 327 g/mol. The molecule has 1 amide bonds. The summed E-state index contributed by atoms with van der Waals surface area (Å²) in [6, 6.07) is 8.22. The molecule has 1 aromatic rings. The molecule has 2 N–H and O–H groups in total. The maximum absolute atomic E-state index is 11.9. The van der Waals surface area contributed by atoms with Gasteiger partial charge in [-0.3, -0.25) is 4.79 Å². The number of carbonyl (C=O) groups is 1. The molecule has 106 valence electrons. The number of amides is 1. The standard InChI is InChI=1S/C15H23BrN2O/c1-11(9-17-4)14(19)18-10-15(2,3)12-6-5-7-13(16)8-12/h5-8,11,17H,9-10H2,1-4H3,(H,18,19). The monoisotopic (exact) mass is 326 g/mol. The van der Waals surface area contributed by atoms with Crippen molar-refractivity contribution in [2.45, 2.75) is 26.2 Å². The molecule has 0 saturated carbocycles. The molecule has 0 bridgehead atoms. The van der Waals surface area contributed by atoms with Crippen LogP contribution in [0.5, 0.6) is 0 Å². The lowest BCUT2D eigenvalue weighted by Gasteiger charge is -2.26. The largest absolute Gasteiger partial charge is 0.355 e. The quantitative estimate of drug-likeness (QED) is 0.843. The summed E-state index contributed by atoms with van der Waals surface area (Å²) in [5, 5.41) is 6.05. The molecule has 1 rings (SSSR count). The van der Waals surface area contributed by atoms with Crippen molar-refractivity contribution in [3.05, 3.63) is 34.3 Å². The molecule has 0 aliphatic rings. The van der Waals surface area contributed by atoms with Gasteiger partial charge in [0.2, 0.25) is 5.91 Å². The Bertz CT molecular complexity index is 432. The Morgan fingerprint density at radius 3 is 2.68 bits per heavy atom. The molecule has 0 fully saturated rings. The molecule has 1 unspecified atom stereocenters. The summed E-state index contributed by atoms with van der Waals surface area (Å²) in [5.41, 5.74) is 1.13. The maximum Gasteiger partial charge on any atom is 0.224 e. The lowest BCUT2D eigenvalue weighted by atomic mass is 9.84. The van der Waals surface area contributed by atoms with Crippen LogP contribution in [0.4, 0.5) is 0 Å². The minimum absolute atomic E-state index is 0.0108. The number of hydrogen-bond acceptors (Lipinski definition) is 2. The van der Waals surface area contributed by atoms with Gasteiger partial charge in [-0.1, -0.05) is 48.8 Å². The molecule has 0 aromatic heterocycles. The van der Waals surface area contributed by atoms with E-state index in [2.05, 4.69) is 52.5 Å². The van der Waals surface area contributed by atoms with Crippen LogP contribution in [0.1, 0.15) is 26.3 Å². The van der Waals surface area contributed by atoms with Crippen LogP contribution >= 0.6 is 15.9 Å². The van der Waals surface area contributed by atoms with Gasteiger partial charge in [0.15, 0.2) is 0 Å². The predicted molar refractivity (Wildman–Crippen MR) is 83.3 cm³/mol. The lowest BCUT2D eigenvalue weighted by Crippen LogP contribution is -2.41. The highest BCUT2D eigenvalue weighted by Gasteiger charge is 2.22. The van der Waals surface area contributed by atoms with E-state index < -0.39 is 0 Å². The van der Waals surface area contributed by atoms with Crippen molar-refractivity contribution in [1.29, 1.82) is 0 Å². The maximum atomic E-state index is 11.9. The first kappa shape index (κ1) is 16.2. The zero-order chi connectivity index (χ0) is 14.5. The Hall–Kier alpha value is -0.870. The number of nitrogens with one attached hydrogen (secondary N) is 2. The summed E-state index contributed by atoms with van der Waals surface area (Å²) in [7, 11) is 1.86. The molecular formula is C15H23BrN2O. The highest BCUT2D eigenvalue weighted by Crippen LogP contribution is 2.25. The van der Waals surface area contributed by atoms with Crippen LogP contribution in [0, 0.1) is 5.92 Å². The fourth-order valence-corrected chi connectivity index (χ4v) is 2.29. The second kappa shape index (κ2) is 7.06. The molecule has 4 heteroatoms. The third kappa shape index (κ3) is 4.96. The van der Waals surface area contributed by atoms with E-state index in [1.54, 1.807) is 0 Å². The number of hydrogen-bond donors (Lipinski definition) is 2. The molecule has 0 aliphatic heterocycles. The Morgan fingerprint density at radius 2 is 2.11 bits per heavy atom. The summed E-state index contributed by atoms with van der Waals surface area (Å²) < 4.78 is 1.06. The SMILES string of the molecule is CNCC(C)C(=O)NCC(C)(C)c1cccc(Br)c1. The summed E-state index contributed by atoms with van der Waals surface area (Å²) in [5.74, 6) is 0.0840. The zero-order valence-corrected chi connectivity index (χ0v) is 13.7. The predicted octanol–water partition coefficient (Wildman–Crippen LogP) is 2.70. The molecule has 0 radical (unpaired) electrons. The first-order chi connectivity index (χ1) is 8.86. The van der Waals surface area contributed by atoms with Crippen molar-refractivity contribution < 1.29 is 4.79 Å². The highest BCUT2D eigenvalue weighted by molar-refractivity contribution is 9.10. The molecule has 0 spiro atoms. The minimum Gasteiger partial charge on any atom is -0.355 e. The number of carbonyl (C=O) groups excluding carboxylic acids is 1. The molecule has 1 aromatic carbocycles. The average Bonchev–Trinajstić information content (AvgIpc) is 2.36. The van der Waals surface area contributed by atoms with Crippen LogP contribution in [0.25, 0.3) is 0 Å². The minimum atomic E-state index is -0.0845. The van der Waals surface area contributed by atoms with Crippen molar-refractivity contribution in [3.63, 3.8) is 0 Å².